The van der Waals surface area contributed by atoms with Gasteiger partial charge in [-0.2, -0.15) is 13.2 Å². The predicted octanol–water partition coefficient (Wildman–Crippen LogP) is 3.55. The zero-order valence-corrected chi connectivity index (χ0v) is 20.8. The zero-order valence-electron chi connectivity index (χ0n) is 20.0. The standard InChI is InChI=1S/C24H23F4N5O4S/c1-16(37-18-4-7-21(25)20(14-18)24(26,27)28)23(34)33-12-10-32(11-13-33)17-2-5-19(6-3-17)38(35,36)31-22-8-9-29-15-30-22/h2-9,14-16H,10-13H2,1H3,(H,29,30,31). The highest BCUT2D eigenvalue weighted by atomic mass is 32.2. The molecule has 9 nitrogen and oxygen atoms in total. The molecule has 1 amide bonds. The number of sulfonamides is 1. The number of alkyl halides is 3. The van der Waals surface area contributed by atoms with E-state index in [1.807, 2.05) is 4.90 Å². The minimum Gasteiger partial charge on any atom is -0.481 e. The molecule has 1 fully saturated rings. The molecule has 4 rings (SSSR count). The lowest BCUT2D eigenvalue weighted by Gasteiger charge is -2.37. The number of aromatic nitrogens is 2. The Balaban J connectivity index is 1.33. The van der Waals surface area contributed by atoms with E-state index in [9.17, 15) is 30.8 Å². The highest BCUT2D eigenvalue weighted by Crippen LogP contribution is 2.34. The van der Waals surface area contributed by atoms with Crippen molar-refractivity contribution >= 4 is 27.4 Å². The molecule has 1 atom stereocenters. The number of piperazine rings is 1. The normalized spacial score (nSPS) is 15.2. The maximum atomic E-state index is 13.5. The van der Waals surface area contributed by atoms with Crippen LogP contribution in [0.25, 0.3) is 0 Å². The minimum atomic E-state index is -4.89. The Bertz CT molecular complexity index is 1380. The molecule has 2 heterocycles. The maximum absolute atomic E-state index is 13.5. The summed E-state index contributed by atoms with van der Waals surface area (Å²) in [5.74, 6) is -1.96. The molecule has 1 saturated heterocycles. The third kappa shape index (κ3) is 6.30. The Labute approximate surface area is 216 Å². The second kappa shape index (κ2) is 10.8. The number of hydrogen-bond acceptors (Lipinski definition) is 7. The molecule has 1 unspecified atom stereocenters. The minimum absolute atomic E-state index is 0.0501. The number of benzene rings is 2. The van der Waals surface area contributed by atoms with Crippen LogP contribution in [0.3, 0.4) is 0 Å². The van der Waals surface area contributed by atoms with Gasteiger partial charge < -0.3 is 14.5 Å². The molecule has 38 heavy (non-hydrogen) atoms. The van der Waals surface area contributed by atoms with E-state index in [0.29, 0.717) is 38.3 Å². The van der Waals surface area contributed by atoms with Gasteiger partial charge in [-0.05, 0) is 55.5 Å². The van der Waals surface area contributed by atoms with Gasteiger partial charge in [-0.3, -0.25) is 9.52 Å². The third-order valence-electron chi connectivity index (χ3n) is 5.83. The van der Waals surface area contributed by atoms with Gasteiger partial charge in [0.25, 0.3) is 15.9 Å². The topological polar surface area (TPSA) is 105 Å². The zero-order chi connectivity index (χ0) is 27.5. The van der Waals surface area contributed by atoms with Crippen LogP contribution in [-0.2, 0) is 21.0 Å². The first-order valence-corrected chi connectivity index (χ1v) is 12.9. The molecule has 0 aliphatic carbocycles. The SMILES string of the molecule is CC(Oc1ccc(F)c(C(F)(F)F)c1)C(=O)N1CCN(c2ccc(S(=O)(=O)Nc3ccncn3)cc2)CC1. The number of ether oxygens (including phenoxy) is 1. The van der Waals surface area contributed by atoms with Gasteiger partial charge in [0.05, 0.1) is 10.5 Å². The Morgan fingerprint density at radius 1 is 1.05 bits per heavy atom. The van der Waals surface area contributed by atoms with E-state index >= 15 is 0 Å². The van der Waals surface area contributed by atoms with E-state index < -0.39 is 39.6 Å². The van der Waals surface area contributed by atoms with Crippen molar-refractivity contribution in [2.45, 2.75) is 24.1 Å². The number of carbonyl (C=O) groups excluding carboxylic acids is 1. The first-order chi connectivity index (χ1) is 17.9. The van der Waals surface area contributed by atoms with Crippen LogP contribution in [0.4, 0.5) is 29.1 Å². The molecule has 0 saturated carbocycles. The lowest BCUT2D eigenvalue weighted by Crippen LogP contribution is -2.52. The van der Waals surface area contributed by atoms with E-state index in [2.05, 4.69) is 14.7 Å². The van der Waals surface area contributed by atoms with Crippen molar-refractivity contribution in [1.82, 2.24) is 14.9 Å². The molecular formula is C24H23F4N5O4S. The number of anilines is 2. The van der Waals surface area contributed by atoms with Gasteiger partial charge in [0, 0.05) is 38.1 Å². The molecular weight excluding hydrogens is 530 g/mol. The molecule has 1 N–H and O–H groups in total. The van der Waals surface area contributed by atoms with Crippen molar-refractivity contribution in [1.29, 1.82) is 0 Å². The number of amides is 1. The second-order valence-electron chi connectivity index (χ2n) is 8.41. The molecule has 3 aromatic rings. The number of rotatable bonds is 7. The van der Waals surface area contributed by atoms with Gasteiger partial charge >= 0.3 is 6.18 Å². The lowest BCUT2D eigenvalue weighted by atomic mass is 10.2. The van der Waals surface area contributed by atoms with Crippen LogP contribution in [0.1, 0.15) is 12.5 Å². The van der Waals surface area contributed by atoms with Crippen molar-refractivity contribution in [3.63, 3.8) is 0 Å². The highest BCUT2D eigenvalue weighted by Gasteiger charge is 2.35. The Morgan fingerprint density at radius 2 is 1.74 bits per heavy atom. The first-order valence-electron chi connectivity index (χ1n) is 11.4. The third-order valence-corrected chi connectivity index (χ3v) is 7.20. The average Bonchev–Trinajstić information content (AvgIpc) is 2.89. The lowest BCUT2D eigenvalue weighted by molar-refractivity contribution is -0.140. The molecule has 202 valence electrons. The van der Waals surface area contributed by atoms with Crippen LogP contribution in [0.5, 0.6) is 5.75 Å². The number of nitrogens with zero attached hydrogens (tertiary/aromatic N) is 4. The summed E-state index contributed by atoms with van der Waals surface area (Å²) in [7, 11) is -3.84. The molecule has 1 aliphatic heterocycles. The predicted molar refractivity (Wildman–Crippen MR) is 130 cm³/mol. The molecule has 1 aromatic heterocycles. The number of halogens is 4. The molecule has 1 aliphatic rings. The summed E-state index contributed by atoms with van der Waals surface area (Å²) in [6, 6.07) is 9.89. The molecule has 0 bridgehead atoms. The van der Waals surface area contributed by atoms with E-state index in [1.54, 1.807) is 12.1 Å². The molecule has 2 aromatic carbocycles. The average molecular weight is 554 g/mol. The highest BCUT2D eigenvalue weighted by molar-refractivity contribution is 7.92. The first kappa shape index (κ1) is 27.1. The van der Waals surface area contributed by atoms with Gasteiger partial charge in [-0.15, -0.1) is 0 Å². The summed E-state index contributed by atoms with van der Waals surface area (Å²) in [5.41, 5.74) is -0.708. The van der Waals surface area contributed by atoms with Crippen LogP contribution in [-0.4, -0.2) is 61.5 Å². The quantitative estimate of drug-likeness (QED) is 0.446. The van der Waals surface area contributed by atoms with Crippen LogP contribution >= 0.6 is 0 Å². The fourth-order valence-electron chi connectivity index (χ4n) is 3.88. The van der Waals surface area contributed by atoms with Gasteiger partial charge in [0.1, 0.15) is 23.7 Å². The Kier molecular flexibility index (Phi) is 7.71. The van der Waals surface area contributed by atoms with E-state index in [-0.39, 0.29) is 16.5 Å². The molecule has 0 spiro atoms. The molecule has 0 radical (unpaired) electrons. The summed E-state index contributed by atoms with van der Waals surface area (Å²) in [6.07, 6.45) is -3.33. The van der Waals surface area contributed by atoms with Crippen molar-refractivity contribution in [3.8, 4) is 5.75 Å². The van der Waals surface area contributed by atoms with Crippen LogP contribution in [0.2, 0.25) is 0 Å². The van der Waals surface area contributed by atoms with Crippen molar-refractivity contribution in [2.24, 2.45) is 0 Å². The van der Waals surface area contributed by atoms with E-state index in [1.165, 1.54) is 42.5 Å². The van der Waals surface area contributed by atoms with Crippen molar-refractivity contribution in [2.75, 3.05) is 35.8 Å². The number of hydrogen-bond donors (Lipinski definition) is 1. The van der Waals surface area contributed by atoms with Gasteiger partial charge in [0.2, 0.25) is 0 Å². The monoisotopic (exact) mass is 553 g/mol. The fraction of sp³-hybridized carbons (Fsp3) is 0.292. The molecule has 14 heteroatoms. The maximum Gasteiger partial charge on any atom is 0.419 e. The summed E-state index contributed by atoms with van der Waals surface area (Å²) < 4.78 is 85.2. The van der Waals surface area contributed by atoms with Crippen LogP contribution < -0.4 is 14.4 Å². The largest absolute Gasteiger partial charge is 0.481 e. The van der Waals surface area contributed by atoms with E-state index in [4.69, 9.17) is 4.74 Å². The summed E-state index contributed by atoms with van der Waals surface area (Å²) >= 11 is 0. The summed E-state index contributed by atoms with van der Waals surface area (Å²) in [4.78, 5) is 23.9. The number of carbonyl (C=O) groups is 1. The van der Waals surface area contributed by atoms with Gasteiger partial charge in [0.15, 0.2) is 6.10 Å². The Morgan fingerprint density at radius 3 is 2.34 bits per heavy atom. The summed E-state index contributed by atoms with van der Waals surface area (Å²) in [6.45, 7) is 2.94. The van der Waals surface area contributed by atoms with Crippen molar-refractivity contribution in [3.05, 3.63) is 72.4 Å². The van der Waals surface area contributed by atoms with Crippen LogP contribution in [0.15, 0.2) is 66.0 Å². The van der Waals surface area contributed by atoms with Crippen molar-refractivity contribution < 1.29 is 35.5 Å². The van der Waals surface area contributed by atoms with Gasteiger partial charge in [-0.1, -0.05) is 0 Å². The fourth-order valence-corrected chi connectivity index (χ4v) is 4.88. The number of nitrogens with one attached hydrogen (secondary N) is 1. The summed E-state index contributed by atoms with van der Waals surface area (Å²) in [5, 5.41) is 0. The smallest absolute Gasteiger partial charge is 0.419 e. The second-order valence-corrected chi connectivity index (χ2v) is 10.1. The van der Waals surface area contributed by atoms with E-state index in [0.717, 1.165) is 11.8 Å². The Hall–Kier alpha value is -3.94. The van der Waals surface area contributed by atoms with Crippen LogP contribution in [0, 0.1) is 5.82 Å². The van der Waals surface area contributed by atoms with Gasteiger partial charge in [-0.25, -0.2) is 22.8 Å².